The Hall–Kier alpha value is -1.68. The Kier molecular flexibility index (Phi) is 6.39. The van der Waals surface area contributed by atoms with Crippen LogP contribution in [0.25, 0.3) is 0 Å². The van der Waals surface area contributed by atoms with Gasteiger partial charge in [-0.2, -0.15) is 0 Å². The smallest absolute Gasteiger partial charge is 0.324 e. The van der Waals surface area contributed by atoms with Crippen molar-refractivity contribution in [3.05, 3.63) is 35.4 Å². The van der Waals surface area contributed by atoms with Crippen molar-refractivity contribution >= 4 is 11.8 Å². The summed E-state index contributed by atoms with van der Waals surface area (Å²) in [5, 5.41) is 0. The number of carbonyl (C=O) groups excluding carboxylic acids is 2. The van der Waals surface area contributed by atoms with Gasteiger partial charge in [-0.05, 0) is 43.9 Å². The van der Waals surface area contributed by atoms with Gasteiger partial charge in [0.25, 0.3) is 0 Å². The van der Waals surface area contributed by atoms with E-state index in [1.807, 2.05) is 26.0 Å². The Morgan fingerprint density at radius 3 is 2.48 bits per heavy atom. The van der Waals surface area contributed by atoms with E-state index < -0.39 is 11.6 Å². The first-order valence-corrected chi connectivity index (χ1v) is 9.29. The second kappa shape index (κ2) is 8.13. The molecule has 0 aliphatic carbocycles. The zero-order valence-electron chi connectivity index (χ0n) is 16.2. The van der Waals surface area contributed by atoms with Gasteiger partial charge in [0.15, 0.2) is 0 Å². The van der Waals surface area contributed by atoms with Gasteiger partial charge in [-0.15, -0.1) is 0 Å². The Morgan fingerprint density at radius 1 is 1.28 bits per heavy atom. The highest BCUT2D eigenvalue weighted by molar-refractivity contribution is 5.88. The third-order valence-corrected chi connectivity index (χ3v) is 4.65. The molecule has 1 fully saturated rings. The highest BCUT2D eigenvalue weighted by atomic mass is 16.6. The fourth-order valence-electron chi connectivity index (χ4n) is 3.39. The number of ether oxygens (including phenoxy) is 1. The Balaban J connectivity index is 2.01. The zero-order valence-corrected chi connectivity index (χ0v) is 16.2. The number of rotatable bonds is 7. The molecular formula is C21H31NO3. The number of nitrogens with zero attached hydrogens (tertiary/aromatic N) is 1. The first-order valence-electron chi connectivity index (χ1n) is 9.29. The number of morpholine rings is 1. The normalized spacial score (nSPS) is 20.6. The molecule has 0 radical (unpaired) electrons. The molecule has 1 atom stereocenters. The second-order valence-corrected chi connectivity index (χ2v) is 7.98. The predicted octanol–water partition coefficient (Wildman–Crippen LogP) is 3.73. The molecule has 4 nitrogen and oxygen atoms in total. The van der Waals surface area contributed by atoms with E-state index in [1.54, 1.807) is 0 Å². The van der Waals surface area contributed by atoms with E-state index in [-0.39, 0.29) is 18.2 Å². The lowest BCUT2D eigenvalue weighted by molar-refractivity contribution is -0.179. The van der Waals surface area contributed by atoms with Crippen molar-refractivity contribution in [1.82, 2.24) is 4.90 Å². The minimum absolute atomic E-state index is 0.0834. The van der Waals surface area contributed by atoms with Crippen LogP contribution in [-0.2, 0) is 20.7 Å². The summed E-state index contributed by atoms with van der Waals surface area (Å²) >= 11 is 0. The SMILES string of the molecule is CCCN1CC(C)(C)OC(=O)C1CC(=O)Cc1ccc(C(C)C)cc1. The summed E-state index contributed by atoms with van der Waals surface area (Å²) in [6, 6.07) is 7.73. The van der Waals surface area contributed by atoms with Crippen LogP contribution < -0.4 is 0 Å². The van der Waals surface area contributed by atoms with Crippen LogP contribution in [0.2, 0.25) is 0 Å². The molecule has 0 N–H and O–H groups in total. The Morgan fingerprint density at radius 2 is 1.92 bits per heavy atom. The minimum atomic E-state index is -0.488. The molecule has 4 heteroatoms. The van der Waals surface area contributed by atoms with Gasteiger partial charge in [-0.1, -0.05) is 45.0 Å². The third kappa shape index (κ3) is 5.40. The molecule has 0 aromatic heterocycles. The van der Waals surface area contributed by atoms with Gasteiger partial charge in [0.1, 0.15) is 17.4 Å². The molecule has 1 aliphatic heterocycles. The van der Waals surface area contributed by atoms with Crippen LogP contribution >= 0.6 is 0 Å². The van der Waals surface area contributed by atoms with Crippen LogP contribution in [0.4, 0.5) is 0 Å². The van der Waals surface area contributed by atoms with Crippen molar-refractivity contribution in [2.75, 3.05) is 13.1 Å². The van der Waals surface area contributed by atoms with Crippen LogP contribution in [0.5, 0.6) is 0 Å². The van der Waals surface area contributed by atoms with Crippen molar-refractivity contribution in [3.63, 3.8) is 0 Å². The minimum Gasteiger partial charge on any atom is -0.457 e. The number of Topliss-reactive ketones (excluding diaryl/α,β-unsaturated/α-hetero) is 1. The molecule has 0 spiro atoms. The van der Waals surface area contributed by atoms with E-state index >= 15 is 0 Å². The van der Waals surface area contributed by atoms with Gasteiger partial charge >= 0.3 is 5.97 Å². The first kappa shape index (κ1) is 19.6. The van der Waals surface area contributed by atoms with Gasteiger partial charge in [0.2, 0.25) is 0 Å². The summed E-state index contributed by atoms with van der Waals surface area (Å²) in [4.78, 5) is 27.0. The molecule has 1 saturated heterocycles. The number of hydrogen-bond acceptors (Lipinski definition) is 4. The van der Waals surface area contributed by atoms with E-state index in [2.05, 4.69) is 37.8 Å². The largest absolute Gasteiger partial charge is 0.457 e. The Labute approximate surface area is 151 Å². The van der Waals surface area contributed by atoms with Crippen LogP contribution in [0.3, 0.4) is 0 Å². The first-order chi connectivity index (χ1) is 11.7. The number of ketones is 1. The molecule has 1 aromatic rings. The molecule has 1 heterocycles. The topological polar surface area (TPSA) is 46.6 Å². The van der Waals surface area contributed by atoms with Crippen LogP contribution in [0.1, 0.15) is 64.5 Å². The molecule has 0 bridgehead atoms. The monoisotopic (exact) mass is 345 g/mol. The predicted molar refractivity (Wildman–Crippen MR) is 99.7 cm³/mol. The van der Waals surface area contributed by atoms with Gasteiger partial charge in [-0.3, -0.25) is 14.5 Å². The van der Waals surface area contributed by atoms with Crippen LogP contribution in [0, 0.1) is 0 Å². The number of esters is 1. The third-order valence-electron chi connectivity index (χ3n) is 4.65. The maximum atomic E-state index is 12.5. The van der Waals surface area contributed by atoms with Crippen LogP contribution in [0.15, 0.2) is 24.3 Å². The molecule has 138 valence electrons. The molecule has 1 aromatic carbocycles. The lowest BCUT2D eigenvalue weighted by atomic mass is 9.96. The molecule has 1 aliphatic rings. The number of cyclic esters (lactones) is 1. The average molecular weight is 345 g/mol. The summed E-state index contributed by atoms with van der Waals surface area (Å²) in [5.74, 6) is 0.293. The van der Waals surface area contributed by atoms with Crippen molar-refractivity contribution < 1.29 is 14.3 Å². The van der Waals surface area contributed by atoms with Crippen molar-refractivity contribution in [3.8, 4) is 0 Å². The van der Waals surface area contributed by atoms with Crippen molar-refractivity contribution in [2.24, 2.45) is 0 Å². The molecule has 25 heavy (non-hydrogen) atoms. The fourth-order valence-corrected chi connectivity index (χ4v) is 3.39. The van der Waals surface area contributed by atoms with Gasteiger partial charge in [0.05, 0.1) is 0 Å². The molecule has 0 saturated carbocycles. The Bertz CT molecular complexity index is 604. The van der Waals surface area contributed by atoms with Crippen LogP contribution in [-0.4, -0.2) is 41.4 Å². The molecular weight excluding hydrogens is 314 g/mol. The van der Waals surface area contributed by atoms with E-state index in [0.29, 0.717) is 18.9 Å². The standard InChI is InChI=1S/C21H31NO3/c1-6-11-22-14-21(4,5)25-20(24)19(22)13-18(23)12-16-7-9-17(10-8-16)15(2)3/h7-10,15,19H,6,11-14H2,1-5H3. The van der Waals surface area contributed by atoms with Gasteiger partial charge in [0, 0.05) is 19.4 Å². The summed E-state index contributed by atoms with van der Waals surface area (Å²) in [7, 11) is 0. The number of benzene rings is 1. The molecule has 2 rings (SSSR count). The summed E-state index contributed by atoms with van der Waals surface area (Å²) in [6.45, 7) is 11.7. The van der Waals surface area contributed by atoms with Crippen molar-refractivity contribution in [1.29, 1.82) is 0 Å². The highest BCUT2D eigenvalue weighted by Gasteiger charge is 2.40. The second-order valence-electron chi connectivity index (χ2n) is 7.98. The lowest BCUT2D eigenvalue weighted by Gasteiger charge is -2.42. The summed E-state index contributed by atoms with van der Waals surface area (Å²) in [5.41, 5.74) is 1.78. The lowest BCUT2D eigenvalue weighted by Crippen LogP contribution is -2.57. The maximum Gasteiger partial charge on any atom is 0.324 e. The highest BCUT2D eigenvalue weighted by Crippen LogP contribution is 2.24. The summed E-state index contributed by atoms with van der Waals surface area (Å²) < 4.78 is 5.52. The summed E-state index contributed by atoms with van der Waals surface area (Å²) in [6.07, 6.45) is 1.54. The van der Waals surface area contributed by atoms with E-state index in [9.17, 15) is 9.59 Å². The van der Waals surface area contributed by atoms with E-state index in [1.165, 1.54) is 5.56 Å². The molecule has 0 amide bonds. The molecule has 1 unspecified atom stereocenters. The van der Waals surface area contributed by atoms with E-state index in [4.69, 9.17) is 4.74 Å². The van der Waals surface area contributed by atoms with E-state index in [0.717, 1.165) is 18.5 Å². The maximum absolute atomic E-state index is 12.5. The van der Waals surface area contributed by atoms with Gasteiger partial charge in [-0.25, -0.2) is 0 Å². The quantitative estimate of drug-likeness (QED) is 0.707. The number of hydrogen-bond donors (Lipinski definition) is 0. The zero-order chi connectivity index (χ0) is 18.6. The fraction of sp³-hybridized carbons (Fsp3) is 0.619. The number of carbonyl (C=O) groups is 2. The van der Waals surface area contributed by atoms with Gasteiger partial charge < -0.3 is 4.74 Å². The average Bonchev–Trinajstić information content (AvgIpc) is 2.51. The van der Waals surface area contributed by atoms with Crippen molar-refractivity contribution in [2.45, 2.75) is 71.4 Å².